The molecule has 0 radical (unpaired) electrons. The number of aliphatic hydroxyl groups is 1. The molecule has 7 heteroatoms. The molecule has 0 aliphatic rings. The van der Waals surface area contributed by atoms with E-state index in [-0.39, 0.29) is 12.4 Å². The summed E-state index contributed by atoms with van der Waals surface area (Å²) in [5.41, 5.74) is 1.95. The Hall–Kier alpha value is -2.87. The predicted molar refractivity (Wildman–Crippen MR) is 114 cm³/mol. The lowest BCUT2D eigenvalue weighted by Gasteiger charge is -2.25. The van der Waals surface area contributed by atoms with Crippen LogP contribution < -0.4 is 9.47 Å². The molecule has 0 bridgehead atoms. The van der Waals surface area contributed by atoms with Crippen molar-refractivity contribution in [3.05, 3.63) is 83.6 Å². The number of hydrogen-bond acceptors (Lipinski definition) is 6. The molecule has 3 aromatic rings. The number of aliphatic hydroxyl groups excluding tert-OH is 1. The lowest BCUT2D eigenvalue weighted by molar-refractivity contribution is 0.00252. The summed E-state index contributed by atoms with van der Waals surface area (Å²) in [6.07, 6.45) is 0.887. The van der Waals surface area contributed by atoms with Gasteiger partial charge in [-0.1, -0.05) is 18.2 Å². The Morgan fingerprint density at radius 2 is 1.68 bits per heavy atom. The smallest absolute Gasteiger partial charge is 0.161 e. The van der Waals surface area contributed by atoms with Crippen molar-refractivity contribution in [1.82, 2.24) is 4.90 Å². The summed E-state index contributed by atoms with van der Waals surface area (Å²) in [6.45, 7) is 1.96. The highest BCUT2D eigenvalue weighted by molar-refractivity contribution is 5.42. The van der Waals surface area contributed by atoms with Gasteiger partial charge in [-0.3, -0.25) is 4.90 Å². The van der Waals surface area contributed by atoms with Crippen molar-refractivity contribution in [2.24, 2.45) is 0 Å². The van der Waals surface area contributed by atoms with Gasteiger partial charge >= 0.3 is 0 Å². The highest BCUT2D eigenvalue weighted by atomic mass is 19.1. The number of nitrogens with zero attached hydrogens (tertiary/aromatic N) is 1. The second kappa shape index (κ2) is 11.5. The van der Waals surface area contributed by atoms with Crippen molar-refractivity contribution in [2.75, 3.05) is 27.4 Å². The summed E-state index contributed by atoms with van der Waals surface area (Å²) in [6, 6.07) is 15.7. The minimum absolute atomic E-state index is 0.173. The van der Waals surface area contributed by atoms with Crippen molar-refractivity contribution < 1.29 is 28.1 Å². The summed E-state index contributed by atoms with van der Waals surface area (Å²) in [4.78, 5) is 2.08. The normalized spacial score (nSPS) is 12.2. The highest BCUT2D eigenvalue weighted by Gasteiger charge is 2.15. The summed E-state index contributed by atoms with van der Waals surface area (Å²) >= 11 is 0. The van der Waals surface area contributed by atoms with Crippen LogP contribution in [0.2, 0.25) is 0 Å². The maximum atomic E-state index is 13.3. The van der Waals surface area contributed by atoms with Gasteiger partial charge in [-0.15, -0.1) is 0 Å². The molecule has 0 spiro atoms. The fourth-order valence-corrected chi connectivity index (χ4v) is 3.31. The first-order valence-corrected chi connectivity index (χ1v) is 10.0. The summed E-state index contributed by atoms with van der Waals surface area (Å²) < 4.78 is 34.8. The van der Waals surface area contributed by atoms with Crippen LogP contribution in [0.25, 0.3) is 0 Å². The third-order valence-electron chi connectivity index (χ3n) is 4.78. The van der Waals surface area contributed by atoms with E-state index in [1.165, 1.54) is 12.1 Å². The number of halogens is 1. The Labute approximate surface area is 181 Å². The standard InChI is InChI=1S/C24H28FNO5/c1-28-23-10-7-19(12-24(23)29-2)14-26(13-18-5-8-20(25)9-6-18)15-21(27)16-30-17-22-4-3-11-31-22/h3-12,21,27H,13-17H2,1-2H3/t21-/m0/s1. The van der Waals surface area contributed by atoms with E-state index in [0.29, 0.717) is 43.5 Å². The Kier molecular flexibility index (Phi) is 8.46. The van der Waals surface area contributed by atoms with Gasteiger partial charge < -0.3 is 23.7 Å². The molecule has 0 fully saturated rings. The maximum Gasteiger partial charge on any atom is 0.161 e. The van der Waals surface area contributed by atoms with Crippen LogP contribution >= 0.6 is 0 Å². The Balaban J connectivity index is 1.65. The van der Waals surface area contributed by atoms with E-state index in [1.807, 2.05) is 24.3 Å². The molecular formula is C24H28FNO5. The minimum atomic E-state index is -0.699. The van der Waals surface area contributed by atoms with E-state index in [1.54, 1.807) is 38.7 Å². The third-order valence-corrected chi connectivity index (χ3v) is 4.78. The zero-order valence-corrected chi connectivity index (χ0v) is 17.8. The van der Waals surface area contributed by atoms with Crippen LogP contribution in [0.4, 0.5) is 4.39 Å². The number of benzene rings is 2. The van der Waals surface area contributed by atoms with Crippen LogP contribution in [0.1, 0.15) is 16.9 Å². The third kappa shape index (κ3) is 7.10. The summed E-state index contributed by atoms with van der Waals surface area (Å²) in [7, 11) is 3.19. The number of hydrogen-bond donors (Lipinski definition) is 1. The molecule has 0 amide bonds. The van der Waals surface area contributed by atoms with Crippen LogP contribution in [-0.4, -0.2) is 43.5 Å². The molecule has 1 aromatic heterocycles. The molecule has 0 aliphatic carbocycles. The molecular weight excluding hydrogens is 401 g/mol. The van der Waals surface area contributed by atoms with Gasteiger partial charge in [0.25, 0.3) is 0 Å². The molecule has 1 N–H and O–H groups in total. The quantitative estimate of drug-likeness (QED) is 0.469. The van der Waals surface area contributed by atoms with Crippen molar-refractivity contribution in [3.8, 4) is 11.5 Å². The largest absolute Gasteiger partial charge is 0.493 e. The van der Waals surface area contributed by atoms with E-state index in [4.69, 9.17) is 18.6 Å². The van der Waals surface area contributed by atoms with Crippen LogP contribution in [0.3, 0.4) is 0 Å². The zero-order valence-electron chi connectivity index (χ0n) is 17.8. The molecule has 0 saturated carbocycles. The van der Waals surface area contributed by atoms with Crippen molar-refractivity contribution in [2.45, 2.75) is 25.8 Å². The van der Waals surface area contributed by atoms with Crippen molar-refractivity contribution >= 4 is 0 Å². The number of ether oxygens (including phenoxy) is 3. The molecule has 0 aliphatic heterocycles. The molecule has 0 saturated heterocycles. The fraction of sp³-hybridized carbons (Fsp3) is 0.333. The first-order chi connectivity index (χ1) is 15.1. The molecule has 31 heavy (non-hydrogen) atoms. The summed E-state index contributed by atoms with van der Waals surface area (Å²) in [5.74, 6) is 1.73. The van der Waals surface area contributed by atoms with E-state index in [2.05, 4.69) is 4.90 Å². The molecule has 1 heterocycles. The van der Waals surface area contributed by atoms with Gasteiger partial charge in [0.2, 0.25) is 0 Å². The van der Waals surface area contributed by atoms with Crippen LogP contribution in [0.15, 0.2) is 65.3 Å². The molecule has 3 rings (SSSR count). The average molecular weight is 429 g/mol. The number of methoxy groups -OCH3 is 2. The van der Waals surface area contributed by atoms with Gasteiger partial charge in [0.1, 0.15) is 18.2 Å². The second-order valence-electron chi connectivity index (χ2n) is 7.23. The highest BCUT2D eigenvalue weighted by Crippen LogP contribution is 2.28. The Morgan fingerprint density at radius 1 is 0.968 bits per heavy atom. The van der Waals surface area contributed by atoms with Gasteiger partial charge in [0.05, 0.1) is 33.2 Å². The first kappa shape index (κ1) is 22.8. The van der Waals surface area contributed by atoms with Crippen molar-refractivity contribution in [3.63, 3.8) is 0 Å². The van der Waals surface area contributed by atoms with Crippen LogP contribution in [-0.2, 0) is 24.4 Å². The predicted octanol–water partition coefficient (Wildman–Crippen LogP) is 4.02. The van der Waals surface area contributed by atoms with Crippen molar-refractivity contribution in [1.29, 1.82) is 0 Å². The monoisotopic (exact) mass is 429 g/mol. The topological polar surface area (TPSA) is 64.3 Å². The Morgan fingerprint density at radius 3 is 2.35 bits per heavy atom. The zero-order chi connectivity index (χ0) is 22.1. The molecule has 166 valence electrons. The van der Waals surface area contributed by atoms with Gasteiger partial charge in [0.15, 0.2) is 11.5 Å². The SMILES string of the molecule is COc1ccc(CN(Cc2ccc(F)cc2)C[C@H](O)COCc2ccco2)cc1OC. The van der Waals surface area contributed by atoms with E-state index in [9.17, 15) is 9.50 Å². The lowest BCUT2D eigenvalue weighted by Crippen LogP contribution is -2.34. The summed E-state index contributed by atoms with van der Waals surface area (Å²) in [5, 5.41) is 10.5. The second-order valence-corrected chi connectivity index (χ2v) is 7.23. The lowest BCUT2D eigenvalue weighted by atomic mass is 10.1. The van der Waals surface area contributed by atoms with Crippen LogP contribution in [0.5, 0.6) is 11.5 Å². The minimum Gasteiger partial charge on any atom is -0.493 e. The van der Waals surface area contributed by atoms with Gasteiger partial charge in [-0.25, -0.2) is 4.39 Å². The maximum absolute atomic E-state index is 13.3. The van der Waals surface area contributed by atoms with Crippen LogP contribution in [0, 0.1) is 5.82 Å². The average Bonchev–Trinajstić information content (AvgIpc) is 3.28. The first-order valence-electron chi connectivity index (χ1n) is 10.0. The van der Waals surface area contributed by atoms with E-state index < -0.39 is 6.10 Å². The molecule has 2 aromatic carbocycles. The molecule has 1 atom stereocenters. The van der Waals surface area contributed by atoms with E-state index >= 15 is 0 Å². The van der Waals surface area contributed by atoms with E-state index in [0.717, 1.165) is 11.1 Å². The number of rotatable bonds is 12. The number of furan rings is 1. The fourth-order valence-electron chi connectivity index (χ4n) is 3.31. The molecule has 0 unspecified atom stereocenters. The Bertz CT molecular complexity index is 914. The van der Waals surface area contributed by atoms with Gasteiger partial charge in [0, 0.05) is 19.6 Å². The molecule has 6 nitrogen and oxygen atoms in total. The van der Waals surface area contributed by atoms with Gasteiger partial charge in [-0.2, -0.15) is 0 Å². The van der Waals surface area contributed by atoms with Gasteiger partial charge in [-0.05, 0) is 47.5 Å².